The molecule has 1 aliphatic heterocycles. The maximum atomic E-state index is 10.9. The van der Waals surface area contributed by atoms with Crippen molar-refractivity contribution < 1.29 is 9.63 Å². The van der Waals surface area contributed by atoms with Crippen LogP contribution in [0.4, 0.5) is 0 Å². The van der Waals surface area contributed by atoms with Crippen LogP contribution in [0.1, 0.15) is 6.92 Å². The molecule has 0 bridgehead atoms. The van der Waals surface area contributed by atoms with Crippen LogP contribution in [0.15, 0.2) is 29.3 Å². The van der Waals surface area contributed by atoms with Gasteiger partial charge in [0.2, 0.25) is 0 Å². The molecular weight excluding hydrogens is 194 g/mol. The van der Waals surface area contributed by atoms with Gasteiger partial charge in [-0.2, -0.15) is 5.48 Å². The van der Waals surface area contributed by atoms with Crippen LogP contribution in [-0.4, -0.2) is 30.8 Å². The highest BCUT2D eigenvalue weighted by Gasteiger charge is 2.17. The van der Waals surface area contributed by atoms with Gasteiger partial charge in [0.1, 0.15) is 5.71 Å². The number of dihydropyridines is 1. The van der Waals surface area contributed by atoms with E-state index >= 15 is 0 Å². The predicted octanol–water partition coefficient (Wildman–Crippen LogP) is -0.0516. The minimum Gasteiger partial charge on any atom is -0.364 e. The number of hydrogen-bond donors (Lipinski definition) is 2. The molecule has 0 aromatic carbocycles. The Hall–Kier alpha value is -1.46. The van der Waals surface area contributed by atoms with Crippen LogP contribution in [0, 0.1) is 0 Å². The molecule has 0 spiro atoms. The van der Waals surface area contributed by atoms with Gasteiger partial charge in [-0.05, 0) is 12.5 Å². The van der Waals surface area contributed by atoms with Crippen molar-refractivity contribution in [1.29, 1.82) is 0 Å². The summed E-state index contributed by atoms with van der Waals surface area (Å²) in [5.41, 5.74) is 9.07. The first kappa shape index (κ1) is 11.6. The molecule has 1 aliphatic rings. The standard InChI is InChI=1S/C10H15N3O2/c1-3-4-15-13-8-5-7(2)9(10(11)14)12-6-8/h3,5,8,13H,1,4,6H2,2H3,(H2,11,14)/t8-/m1/s1. The highest BCUT2D eigenvalue weighted by atomic mass is 16.6. The van der Waals surface area contributed by atoms with Crippen molar-refractivity contribution in [3.63, 3.8) is 0 Å². The first-order valence-electron chi connectivity index (χ1n) is 4.66. The summed E-state index contributed by atoms with van der Waals surface area (Å²) in [7, 11) is 0. The highest BCUT2D eigenvalue weighted by molar-refractivity contribution is 6.44. The first-order valence-corrected chi connectivity index (χ1v) is 4.66. The van der Waals surface area contributed by atoms with E-state index in [1.807, 2.05) is 6.08 Å². The van der Waals surface area contributed by atoms with Crippen LogP contribution < -0.4 is 11.2 Å². The zero-order valence-corrected chi connectivity index (χ0v) is 8.69. The smallest absolute Gasteiger partial charge is 0.267 e. The molecule has 0 saturated carbocycles. The van der Waals surface area contributed by atoms with Crippen molar-refractivity contribution >= 4 is 11.6 Å². The van der Waals surface area contributed by atoms with Crippen LogP contribution in [0.2, 0.25) is 0 Å². The lowest BCUT2D eigenvalue weighted by Crippen LogP contribution is -2.36. The van der Waals surface area contributed by atoms with Crippen LogP contribution in [0.25, 0.3) is 0 Å². The van der Waals surface area contributed by atoms with Gasteiger partial charge >= 0.3 is 0 Å². The Morgan fingerprint density at radius 1 is 1.93 bits per heavy atom. The lowest BCUT2D eigenvalue weighted by atomic mass is 10.1. The summed E-state index contributed by atoms with van der Waals surface area (Å²) >= 11 is 0. The van der Waals surface area contributed by atoms with E-state index in [-0.39, 0.29) is 6.04 Å². The number of aliphatic imine (C=N–C) groups is 1. The molecule has 0 aliphatic carbocycles. The second-order valence-electron chi connectivity index (χ2n) is 3.23. The van der Waals surface area contributed by atoms with Crippen LogP contribution in [0.5, 0.6) is 0 Å². The van der Waals surface area contributed by atoms with E-state index in [1.54, 1.807) is 13.0 Å². The number of rotatable bonds is 5. The number of carbonyl (C=O) groups excluding carboxylic acids is 1. The molecular formula is C10H15N3O2. The summed E-state index contributed by atoms with van der Waals surface area (Å²) in [4.78, 5) is 20.1. The molecule has 1 rings (SSSR count). The molecule has 0 unspecified atom stereocenters. The van der Waals surface area contributed by atoms with Gasteiger partial charge < -0.3 is 5.73 Å². The molecule has 1 atom stereocenters. The van der Waals surface area contributed by atoms with E-state index in [2.05, 4.69) is 17.1 Å². The lowest BCUT2D eigenvalue weighted by Gasteiger charge is -2.18. The summed E-state index contributed by atoms with van der Waals surface area (Å²) in [5, 5.41) is 0. The number of hydroxylamine groups is 1. The fraction of sp³-hybridized carbons (Fsp3) is 0.400. The Morgan fingerprint density at radius 2 is 2.67 bits per heavy atom. The molecule has 1 heterocycles. The Morgan fingerprint density at radius 3 is 3.20 bits per heavy atom. The number of nitrogens with one attached hydrogen (secondary N) is 1. The summed E-state index contributed by atoms with van der Waals surface area (Å²) in [5.74, 6) is -0.491. The van der Waals surface area contributed by atoms with E-state index in [4.69, 9.17) is 10.6 Å². The number of hydrogen-bond acceptors (Lipinski definition) is 4. The van der Waals surface area contributed by atoms with Gasteiger partial charge in [-0.3, -0.25) is 14.6 Å². The molecule has 3 N–H and O–H groups in total. The molecule has 0 aromatic rings. The fourth-order valence-corrected chi connectivity index (χ4v) is 1.31. The largest absolute Gasteiger partial charge is 0.364 e. The van der Waals surface area contributed by atoms with Crippen molar-refractivity contribution in [1.82, 2.24) is 5.48 Å². The second-order valence-corrected chi connectivity index (χ2v) is 3.23. The average Bonchev–Trinajstić information content (AvgIpc) is 2.17. The van der Waals surface area contributed by atoms with Crippen molar-refractivity contribution in [2.75, 3.05) is 13.2 Å². The Kier molecular flexibility index (Phi) is 4.20. The SMILES string of the molecule is C=CCON[C@@H]1C=C(C)C(C(N)=O)=NC1. The predicted molar refractivity (Wildman–Crippen MR) is 58.3 cm³/mol. The van der Waals surface area contributed by atoms with Gasteiger partial charge in [0.15, 0.2) is 0 Å². The number of nitrogens with zero attached hydrogens (tertiary/aromatic N) is 1. The zero-order chi connectivity index (χ0) is 11.3. The van der Waals surface area contributed by atoms with E-state index < -0.39 is 5.91 Å². The second kappa shape index (κ2) is 5.43. The number of carbonyl (C=O) groups is 1. The van der Waals surface area contributed by atoms with E-state index in [1.165, 1.54) is 0 Å². The van der Waals surface area contributed by atoms with Gasteiger partial charge in [-0.25, -0.2) is 0 Å². The third-order valence-corrected chi connectivity index (χ3v) is 1.94. The van der Waals surface area contributed by atoms with Crippen molar-refractivity contribution in [3.8, 4) is 0 Å². The van der Waals surface area contributed by atoms with Crippen LogP contribution in [0.3, 0.4) is 0 Å². The van der Waals surface area contributed by atoms with Crippen molar-refractivity contribution in [2.45, 2.75) is 13.0 Å². The molecule has 0 aromatic heterocycles. The van der Waals surface area contributed by atoms with E-state index in [0.29, 0.717) is 18.9 Å². The minimum absolute atomic E-state index is 0.0203. The maximum absolute atomic E-state index is 10.9. The fourth-order valence-electron chi connectivity index (χ4n) is 1.31. The lowest BCUT2D eigenvalue weighted by molar-refractivity contribution is -0.112. The van der Waals surface area contributed by atoms with Crippen molar-refractivity contribution in [2.24, 2.45) is 10.7 Å². The summed E-state index contributed by atoms with van der Waals surface area (Å²) in [6, 6.07) is -0.0203. The van der Waals surface area contributed by atoms with E-state index in [0.717, 1.165) is 5.57 Å². The molecule has 15 heavy (non-hydrogen) atoms. The topological polar surface area (TPSA) is 76.7 Å². The van der Waals surface area contributed by atoms with Gasteiger partial charge in [-0.15, -0.1) is 6.58 Å². The molecule has 0 fully saturated rings. The maximum Gasteiger partial charge on any atom is 0.267 e. The zero-order valence-electron chi connectivity index (χ0n) is 8.69. The average molecular weight is 209 g/mol. The normalized spacial score (nSPS) is 20.5. The molecule has 5 nitrogen and oxygen atoms in total. The van der Waals surface area contributed by atoms with E-state index in [9.17, 15) is 4.79 Å². The number of nitrogens with two attached hydrogens (primary N) is 1. The molecule has 5 heteroatoms. The molecule has 1 amide bonds. The summed E-state index contributed by atoms with van der Waals surface area (Å²) in [6.45, 7) is 6.20. The summed E-state index contributed by atoms with van der Waals surface area (Å²) in [6.07, 6.45) is 3.51. The highest BCUT2D eigenvalue weighted by Crippen LogP contribution is 2.07. The summed E-state index contributed by atoms with van der Waals surface area (Å²) < 4.78 is 0. The number of amides is 1. The molecule has 0 radical (unpaired) electrons. The Labute approximate surface area is 88.7 Å². The minimum atomic E-state index is -0.491. The van der Waals surface area contributed by atoms with Gasteiger partial charge in [0.25, 0.3) is 5.91 Å². The molecule has 0 saturated heterocycles. The van der Waals surface area contributed by atoms with Crippen LogP contribution in [-0.2, 0) is 9.63 Å². The monoisotopic (exact) mass is 209 g/mol. The Balaban J connectivity index is 2.50. The van der Waals surface area contributed by atoms with Gasteiger partial charge in [0.05, 0.1) is 19.2 Å². The number of primary amides is 1. The third kappa shape index (κ3) is 3.30. The quantitative estimate of drug-likeness (QED) is 0.378. The van der Waals surface area contributed by atoms with Gasteiger partial charge in [0, 0.05) is 0 Å². The first-order chi connectivity index (χ1) is 7.15. The molecule has 82 valence electrons. The van der Waals surface area contributed by atoms with Gasteiger partial charge in [-0.1, -0.05) is 12.2 Å². The third-order valence-electron chi connectivity index (χ3n) is 1.94. The van der Waals surface area contributed by atoms with Crippen molar-refractivity contribution in [3.05, 3.63) is 24.3 Å². The Bertz CT molecular complexity index is 321. The van der Waals surface area contributed by atoms with Crippen LogP contribution >= 0.6 is 0 Å².